The molecule has 0 spiro atoms. The second-order valence-corrected chi connectivity index (χ2v) is 10.1. The van der Waals surface area contributed by atoms with E-state index in [2.05, 4.69) is 5.32 Å². The maximum atomic E-state index is 12.8. The van der Waals surface area contributed by atoms with Gasteiger partial charge < -0.3 is 14.8 Å². The van der Waals surface area contributed by atoms with Gasteiger partial charge >= 0.3 is 0 Å². The number of rotatable bonds is 10. The largest absolute Gasteiger partial charge is 0.490 e. The van der Waals surface area contributed by atoms with E-state index in [0.29, 0.717) is 48.9 Å². The molecule has 180 valence electrons. The molecule has 1 aliphatic heterocycles. The van der Waals surface area contributed by atoms with E-state index in [-0.39, 0.29) is 17.7 Å². The number of hydrogen-bond acceptors (Lipinski definition) is 5. The lowest BCUT2D eigenvalue weighted by atomic mass is 10.1. The van der Waals surface area contributed by atoms with Crippen LogP contribution >= 0.6 is 0 Å². The molecule has 0 saturated carbocycles. The van der Waals surface area contributed by atoms with Gasteiger partial charge in [0.05, 0.1) is 25.0 Å². The molecule has 2 aromatic carbocycles. The molecule has 7 nitrogen and oxygen atoms in total. The standard InChI is InChI=1S/C25H34N2O5S/c1-4-31-23-14-13-22(17-24(23)32-5-2)19(3)26-25(28)21-11-9-20(10-12-21)18-33(29,30)27-15-7-6-8-16-27/h9-14,17,19H,4-8,15-16,18H2,1-3H3,(H,26,28)/t19-/m0/s1. The quantitative estimate of drug-likeness (QED) is 0.555. The molecule has 1 aliphatic rings. The van der Waals surface area contributed by atoms with Crippen LogP contribution in [0.1, 0.15) is 67.6 Å². The topological polar surface area (TPSA) is 84.9 Å². The molecule has 1 heterocycles. The van der Waals surface area contributed by atoms with Gasteiger partial charge in [-0.15, -0.1) is 0 Å². The number of carbonyl (C=O) groups is 1. The fourth-order valence-corrected chi connectivity index (χ4v) is 5.51. The van der Waals surface area contributed by atoms with Crippen LogP contribution in [0.5, 0.6) is 11.5 Å². The first-order valence-electron chi connectivity index (χ1n) is 11.6. The lowest BCUT2D eigenvalue weighted by Crippen LogP contribution is -2.36. The molecule has 0 radical (unpaired) electrons. The monoisotopic (exact) mass is 474 g/mol. The maximum absolute atomic E-state index is 12.8. The summed E-state index contributed by atoms with van der Waals surface area (Å²) in [5, 5.41) is 2.99. The number of carbonyl (C=O) groups excluding carboxylic acids is 1. The lowest BCUT2D eigenvalue weighted by Gasteiger charge is -2.25. The maximum Gasteiger partial charge on any atom is 0.251 e. The van der Waals surface area contributed by atoms with E-state index in [4.69, 9.17) is 9.47 Å². The fraction of sp³-hybridized carbons (Fsp3) is 0.480. The number of piperidine rings is 1. The zero-order valence-corrected chi connectivity index (χ0v) is 20.5. The fourth-order valence-electron chi connectivity index (χ4n) is 3.90. The summed E-state index contributed by atoms with van der Waals surface area (Å²) in [4.78, 5) is 12.8. The van der Waals surface area contributed by atoms with Crippen LogP contribution in [-0.2, 0) is 15.8 Å². The highest BCUT2D eigenvalue weighted by Crippen LogP contribution is 2.31. The van der Waals surface area contributed by atoms with Crippen molar-refractivity contribution in [2.75, 3.05) is 26.3 Å². The number of amides is 1. The third kappa shape index (κ3) is 6.71. The van der Waals surface area contributed by atoms with Gasteiger partial charge in [0, 0.05) is 18.7 Å². The van der Waals surface area contributed by atoms with Gasteiger partial charge in [0.1, 0.15) is 0 Å². The van der Waals surface area contributed by atoms with Crippen LogP contribution in [0, 0.1) is 0 Å². The third-order valence-electron chi connectivity index (χ3n) is 5.69. The summed E-state index contributed by atoms with van der Waals surface area (Å²) < 4.78 is 38.1. The molecule has 1 fully saturated rings. The van der Waals surface area contributed by atoms with Crippen LogP contribution in [0.2, 0.25) is 0 Å². The Hall–Kier alpha value is -2.58. The van der Waals surface area contributed by atoms with E-state index in [1.54, 1.807) is 28.6 Å². The molecule has 33 heavy (non-hydrogen) atoms. The van der Waals surface area contributed by atoms with Crippen LogP contribution in [-0.4, -0.2) is 44.9 Å². The highest BCUT2D eigenvalue weighted by Gasteiger charge is 2.24. The zero-order valence-electron chi connectivity index (χ0n) is 19.7. The molecule has 0 unspecified atom stereocenters. The number of nitrogens with zero attached hydrogens (tertiary/aromatic N) is 1. The number of hydrogen-bond donors (Lipinski definition) is 1. The number of sulfonamides is 1. The van der Waals surface area contributed by atoms with Crippen molar-refractivity contribution in [3.8, 4) is 11.5 Å². The second-order valence-electron chi connectivity index (χ2n) is 8.18. The normalized spacial score (nSPS) is 15.6. The average Bonchev–Trinajstić information content (AvgIpc) is 2.81. The Labute approximate surface area is 197 Å². The molecule has 0 bridgehead atoms. The Bertz CT molecular complexity index is 1030. The van der Waals surface area contributed by atoms with Gasteiger partial charge in [0.15, 0.2) is 11.5 Å². The number of ether oxygens (including phenoxy) is 2. The van der Waals surface area contributed by atoms with Crippen molar-refractivity contribution in [2.45, 2.75) is 51.8 Å². The summed E-state index contributed by atoms with van der Waals surface area (Å²) in [5.74, 6) is 1.06. The summed E-state index contributed by atoms with van der Waals surface area (Å²) >= 11 is 0. The molecule has 3 rings (SSSR count). The van der Waals surface area contributed by atoms with Gasteiger partial charge in [-0.3, -0.25) is 4.79 Å². The molecule has 0 aliphatic carbocycles. The SMILES string of the molecule is CCOc1ccc([C@H](C)NC(=O)c2ccc(CS(=O)(=O)N3CCCCC3)cc2)cc1OCC. The highest BCUT2D eigenvalue weighted by molar-refractivity contribution is 7.88. The van der Waals surface area contributed by atoms with Gasteiger partial charge in [-0.25, -0.2) is 12.7 Å². The smallest absolute Gasteiger partial charge is 0.251 e. The molecule has 1 saturated heterocycles. The van der Waals surface area contributed by atoms with Gasteiger partial charge in [0.25, 0.3) is 5.91 Å². The number of nitrogens with one attached hydrogen (secondary N) is 1. The summed E-state index contributed by atoms with van der Waals surface area (Å²) in [5.41, 5.74) is 2.06. The minimum atomic E-state index is -3.33. The highest BCUT2D eigenvalue weighted by atomic mass is 32.2. The molecule has 1 N–H and O–H groups in total. The van der Waals surface area contributed by atoms with Crippen molar-refractivity contribution < 1.29 is 22.7 Å². The van der Waals surface area contributed by atoms with Crippen LogP contribution in [0.25, 0.3) is 0 Å². The predicted octanol–water partition coefficient (Wildman–Crippen LogP) is 4.29. The van der Waals surface area contributed by atoms with Gasteiger partial charge in [0.2, 0.25) is 10.0 Å². The summed E-state index contributed by atoms with van der Waals surface area (Å²) in [7, 11) is -3.33. The Kier molecular flexibility index (Phi) is 8.74. The number of benzene rings is 2. The van der Waals surface area contributed by atoms with Crippen LogP contribution in [0.3, 0.4) is 0 Å². The van der Waals surface area contributed by atoms with Crippen molar-refractivity contribution in [1.82, 2.24) is 9.62 Å². The van der Waals surface area contributed by atoms with E-state index in [0.717, 1.165) is 24.8 Å². The van der Waals surface area contributed by atoms with Crippen molar-refractivity contribution in [3.05, 3.63) is 59.2 Å². The summed E-state index contributed by atoms with van der Waals surface area (Å²) in [6.45, 7) is 7.98. The molecule has 2 aromatic rings. The summed E-state index contributed by atoms with van der Waals surface area (Å²) in [6, 6.07) is 12.2. The Morgan fingerprint density at radius 3 is 2.24 bits per heavy atom. The molecule has 1 amide bonds. The molecular formula is C25H34N2O5S. The van der Waals surface area contributed by atoms with E-state index < -0.39 is 10.0 Å². The second kappa shape index (κ2) is 11.5. The minimum Gasteiger partial charge on any atom is -0.490 e. The Balaban J connectivity index is 1.64. The van der Waals surface area contributed by atoms with E-state index >= 15 is 0 Å². The van der Waals surface area contributed by atoms with Crippen molar-refractivity contribution in [1.29, 1.82) is 0 Å². The molecule has 0 aromatic heterocycles. The van der Waals surface area contributed by atoms with Crippen molar-refractivity contribution >= 4 is 15.9 Å². The third-order valence-corrected chi connectivity index (χ3v) is 7.54. The van der Waals surface area contributed by atoms with Gasteiger partial charge in [-0.2, -0.15) is 0 Å². The van der Waals surface area contributed by atoms with Gasteiger partial charge in [-0.1, -0.05) is 24.6 Å². The molecular weight excluding hydrogens is 440 g/mol. The Morgan fingerprint density at radius 2 is 1.61 bits per heavy atom. The lowest BCUT2D eigenvalue weighted by molar-refractivity contribution is 0.0939. The first-order chi connectivity index (χ1) is 15.8. The van der Waals surface area contributed by atoms with E-state index in [9.17, 15) is 13.2 Å². The van der Waals surface area contributed by atoms with Crippen molar-refractivity contribution in [3.63, 3.8) is 0 Å². The van der Waals surface area contributed by atoms with E-state index in [1.807, 2.05) is 39.0 Å². The van der Waals surface area contributed by atoms with E-state index in [1.165, 1.54) is 0 Å². The molecule has 1 atom stereocenters. The predicted molar refractivity (Wildman–Crippen MR) is 129 cm³/mol. The van der Waals surface area contributed by atoms with Crippen LogP contribution < -0.4 is 14.8 Å². The Morgan fingerprint density at radius 1 is 0.970 bits per heavy atom. The van der Waals surface area contributed by atoms with Crippen molar-refractivity contribution in [2.24, 2.45) is 0 Å². The first-order valence-corrected chi connectivity index (χ1v) is 13.2. The minimum absolute atomic E-state index is 0.0440. The summed E-state index contributed by atoms with van der Waals surface area (Å²) in [6.07, 6.45) is 2.91. The van der Waals surface area contributed by atoms with Crippen LogP contribution in [0.15, 0.2) is 42.5 Å². The zero-order chi connectivity index (χ0) is 23.8. The van der Waals surface area contributed by atoms with Gasteiger partial charge in [-0.05, 0) is 69.0 Å². The average molecular weight is 475 g/mol. The molecule has 8 heteroatoms. The first kappa shape index (κ1) is 25.1. The van der Waals surface area contributed by atoms with Crippen LogP contribution in [0.4, 0.5) is 0 Å².